The van der Waals surface area contributed by atoms with E-state index in [2.05, 4.69) is 9.88 Å². The van der Waals surface area contributed by atoms with Gasteiger partial charge in [-0.05, 0) is 32.3 Å². The second-order valence-electron chi connectivity index (χ2n) is 6.49. The van der Waals surface area contributed by atoms with Crippen LogP contribution in [0.4, 0.5) is 5.69 Å². The zero-order valence-electron chi connectivity index (χ0n) is 15.2. The van der Waals surface area contributed by atoms with Gasteiger partial charge in [-0.15, -0.1) is 12.4 Å². The summed E-state index contributed by atoms with van der Waals surface area (Å²) in [6.45, 7) is 3.94. The lowest BCUT2D eigenvalue weighted by Gasteiger charge is -2.30. The van der Waals surface area contributed by atoms with Crippen molar-refractivity contribution in [2.24, 2.45) is 0 Å². The molecule has 1 aromatic carbocycles. The molecule has 6 nitrogen and oxygen atoms in total. The predicted octanol–water partition coefficient (Wildman–Crippen LogP) is 3.44. The van der Waals surface area contributed by atoms with Crippen molar-refractivity contribution in [1.29, 1.82) is 0 Å². The normalized spacial score (nSPS) is 14.2. The number of carbonyl (C=O) groups excluding carboxylic acids is 1. The minimum Gasteiger partial charge on any atom is -0.462 e. The highest BCUT2D eigenvalue weighted by Gasteiger charge is 2.19. The van der Waals surface area contributed by atoms with E-state index in [1.165, 1.54) is 29.9 Å². The molecular formula is C20H22ClN3O3. The minimum absolute atomic E-state index is 0. The van der Waals surface area contributed by atoms with Crippen LogP contribution in [0.2, 0.25) is 0 Å². The number of carbonyl (C=O) groups is 1. The fourth-order valence-corrected chi connectivity index (χ4v) is 3.63. The second-order valence-corrected chi connectivity index (χ2v) is 6.49. The number of ether oxygens (including phenoxy) is 1. The first kappa shape index (κ1) is 19.2. The van der Waals surface area contributed by atoms with Crippen molar-refractivity contribution in [2.45, 2.75) is 26.2 Å². The SMILES string of the molecule is CCOC(=O)c1cnc2cc(N3CCCCC3)c3ccccc3n2c1=O.Cl. The van der Waals surface area contributed by atoms with Crippen LogP contribution >= 0.6 is 12.4 Å². The number of halogens is 1. The van der Waals surface area contributed by atoms with Crippen molar-refractivity contribution in [2.75, 3.05) is 24.6 Å². The van der Waals surface area contributed by atoms with E-state index >= 15 is 0 Å². The molecule has 1 saturated heterocycles. The summed E-state index contributed by atoms with van der Waals surface area (Å²) in [5.41, 5.74) is 1.96. The fourth-order valence-electron chi connectivity index (χ4n) is 3.63. The molecule has 0 bridgehead atoms. The van der Waals surface area contributed by atoms with Crippen molar-refractivity contribution in [3.63, 3.8) is 0 Å². The Morgan fingerprint density at radius 1 is 1.19 bits per heavy atom. The van der Waals surface area contributed by atoms with E-state index in [-0.39, 0.29) is 24.6 Å². The lowest BCUT2D eigenvalue weighted by molar-refractivity contribution is 0.0523. The average Bonchev–Trinajstić information content (AvgIpc) is 2.68. The van der Waals surface area contributed by atoms with Gasteiger partial charge in [0.25, 0.3) is 5.56 Å². The number of benzene rings is 1. The highest BCUT2D eigenvalue weighted by atomic mass is 35.5. The summed E-state index contributed by atoms with van der Waals surface area (Å²) in [7, 11) is 0. The molecule has 2 aromatic heterocycles. The summed E-state index contributed by atoms with van der Waals surface area (Å²) in [6, 6.07) is 9.72. The first-order chi connectivity index (χ1) is 12.7. The number of hydrogen-bond acceptors (Lipinski definition) is 5. The third-order valence-electron chi connectivity index (χ3n) is 4.87. The molecule has 7 heteroatoms. The van der Waals surface area contributed by atoms with Gasteiger partial charge >= 0.3 is 5.97 Å². The molecule has 0 atom stereocenters. The number of piperidine rings is 1. The van der Waals surface area contributed by atoms with Gasteiger partial charge in [0, 0.05) is 36.4 Å². The fraction of sp³-hybridized carbons (Fsp3) is 0.350. The Balaban J connectivity index is 0.00000210. The summed E-state index contributed by atoms with van der Waals surface area (Å²) in [4.78, 5) is 31.8. The third kappa shape index (κ3) is 3.37. The number of para-hydroxylation sites is 1. The molecule has 0 aliphatic carbocycles. The Hall–Kier alpha value is -2.60. The van der Waals surface area contributed by atoms with Gasteiger partial charge in [0.1, 0.15) is 11.2 Å². The lowest BCUT2D eigenvalue weighted by Crippen LogP contribution is -2.30. The van der Waals surface area contributed by atoms with E-state index in [0.29, 0.717) is 5.65 Å². The van der Waals surface area contributed by atoms with E-state index in [1.54, 1.807) is 6.92 Å². The van der Waals surface area contributed by atoms with Gasteiger partial charge in [-0.2, -0.15) is 0 Å². The summed E-state index contributed by atoms with van der Waals surface area (Å²) in [5, 5.41) is 0.992. The Bertz CT molecular complexity index is 1040. The largest absolute Gasteiger partial charge is 0.462 e. The smallest absolute Gasteiger partial charge is 0.345 e. The van der Waals surface area contributed by atoms with Gasteiger partial charge in [-0.1, -0.05) is 18.2 Å². The molecule has 0 spiro atoms. The van der Waals surface area contributed by atoms with E-state index in [9.17, 15) is 9.59 Å². The highest BCUT2D eigenvalue weighted by Crippen LogP contribution is 2.30. The summed E-state index contributed by atoms with van der Waals surface area (Å²) in [6.07, 6.45) is 4.91. The topological polar surface area (TPSA) is 63.9 Å². The molecule has 1 aliphatic heterocycles. The Kier molecular flexibility index (Phi) is 5.65. The minimum atomic E-state index is -0.636. The summed E-state index contributed by atoms with van der Waals surface area (Å²) in [5.74, 6) is -0.636. The van der Waals surface area contributed by atoms with Crippen LogP contribution in [0.1, 0.15) is 36.5 Å². The summed E-state index contributed by atoms with van der Waals surface area (Å²) >= 11 is 0. The van der Waals surface area contributed by atoms with Crippen molar-refractivity contribution >= 4 is 40.6 Å². The van der Waals surface area contributed by atoms with E-state index in [0.717, 1.165) is 29.7 Å². The van der Waals surface area contributed by atoms with Crippen LogP contribution in [0, 0.1) is 0 Å². The predicted molar refractivity (Wildman–Crippen MR) is 108 cm³/mol. The maximum absolute atomic E-state index is 13.0. The van der Waals surface area contributed by atoms with Gasteiger partial charge in [0.05, 0.1) is 12.1 Å². The first-order valence-electron chi connectivity index (χ1n) is 9.06. The number of nitrogens with zero attached hydrogens (tertiary/aromatic N) is 3. The second kappa shape index (κ2) is 7.96. The van der Waals surface area contributed by atoms with Gasteiger partial charge < -0.3 is 9.64 Å². The van der Waals surface area contributed by atoms with Crippen LogP contribution in [-0.2, 0) is 4.74 Å². The number of pyridine rings is 1. The quantitative estimate of drug-likeness (QED) is 0.509. The van der Waals surface area contributed by atoms with Crippen molar-refractivity contribution in [3.8, 4) is 0 Å². The van der Waals surface area contributed by atoms with Crippen molar-refractivity contribution in [3.05, 3.63) is 52.4 Å². The molecule has 0 amide bonds. The molecule has 142 valence electrons. The number of aromatic nitrogens is 2. The molecule has 27 heavy (non-hydrogen) atoms. The molecule has 1 aliphatic rings. The van der Waals surface area contributed by atoms with E-state index < -0.39 is 11.5 Å². The Labute approximate surface area is 163 Å². The number of anilines is 1. The van der Waals surface area contributed by atoms with Crippen LogP contribution in [0.25, 0.3) is 16.6 Å². The average molecular weight is 388 g/mol. The Morgan fingerprint density at radius 3 is 2.67 bits per heavy atom. The molecule has 0 N–H and O–H groups in total. The number of rotatable bonds is 3. The molecule has 1 fully saturated rings. The standard InChI is InChI=1S/C20H21N3O3.ClH/c1-2-26-20(25)15-13-21-18-12-17(22-10-6-3-7-11-22)14-8-4-5-9-16(14)23(18)19(15)24;/h4-5,8-9,12-13H,2-3,6-7,10-11H2,1H3;1H. The van der Waals surface area contributed by atoms with Crippen LogP contribution in [-0.4, -0.2) is 35.1 Å². The molecule has 0 radical (unpaired) electrons. The number of hydrogen-bond donors (Lipinski definition) is 0. The third-order valence-corrected chi connectivity index (χ3v) is 4.87. The van der Waals surface area contributed by atoms with Crippen LogP contribution in [0.3, 0.4) is 0 Å². The zero-order valence-corrected chi connectivity index (χ0v) is 16.0. The van der Waals surface area contributed by atoms with Gasteiger partial charge in [-0.25, -0.2) is 9.78 Å². The van der Waals surface area contributed by atoms with Crippen molar-refractivity contribution in [1.82, 2.24) is 9.38 Å². The van der Waals surface area contributed by atoms with E-state index in [4.69, 9.17) is 4.74 Å². The maximum Gasteiger partial charge on any atom is 0.345 e. The molecule has 3 aromatic rings. The van der Waals surface area contributed by atoms with E-state index in [1.807, 2.05) is 30.3 Å². The maximum atomic E-state index is 13.0. The lowest BCUT2D eigenvalue weighted by atomic mass is 10.1. The molecule has 0 unspecified atom stereocenters. The van der Waals surface area contributed by atoms with Crippen LogP contribution < -0.4 is 10.5 Å². The molecule has 4 rings (SSSR count). The van der Waals surface area contributed by atoms with Crippen molar-refractivity contribution < 1.29 is 9.53 Å². The first-order valence-corrected chi connectivity index (χ1v) is 9.06. The monoisotopic (exact) mass is 387 g/mol. The van der Waals surface area contributed by atoms with Gasteiger partial charge in [-0.3, -0.25) is 9.20 Å². The number of esters is 1. The molecule has 0 saturated carbocycles. The van der Waals surface area contributed by atoms with Gasteiger partial charge in [0.2, 0.25) is 0 Å². The molecule has 3 heterocycles. The van der Waals surface area contributed by atoms with Crippen LogP contribution in [0.5, 0.6) is 0 Å². The zero-order chi connectivity index (χ0) is 18.1. The molecular weight excluding hydrogens is 366 g/mol. The van der Waals surface area contributed by atoms with Gasteiger partial charge in [0.15, 0.2) is 0 Å². The summed E-state index contributed by atoms with van der Waals surface area (Å²) < 4.78 is 6.50. The Morgan fingerprint density at radius 2 is 1.93 bits per heavy atom. The van der Waals surface area contributed by atoms with Crippen LogP contribution in [0.15, 0.2) is 41.3 Å². The number of fused-ring (bicyclic) bond motifs is 3. The highest BCUT2D eigenvalue weighted by molar-refractivity contribution is 5.95.